The van der Waals surface area contributed by atoms with Gasteiger partial charge in [0.1, 0.15) is 0 Å². The lowest BCUT2D eigenvalue weighted by Gasteiger charge is -2.11. The van der Waals surface area contributed by atoms with E-state index in [1.165, 1.54) is 11.1 Å². The number of nitrogens with zero attached hydrogens (tertiary/aromatic N) is 3. The van der Waals surface area contributed by atoms with Crippen LogP contribution in [0.15, 0.2) is 51.7 Å². The van der Waals surface area contributed by atoms with E-state index in [1.54, 1.807) is 6.08 Å². The molecule has 10 nitrogen and oxygen atoms in total. The third-order valence-electron chi connectivity index (χ3n) is 4.36. The molecule has 12 heteroatoms. The van der Waals surface area contributed by atoms with Crippen LogP contribution in [0.5, 0.6) is 0 Å². The van der Waals surface area contributed by atoms with Crippen LogP contribution in [-0.4, -0.2) is 27.8 Å². The van der Waals surface area contributed by atoms with E-state index in [2.05, 4.69) is 50.9 Å². The Morgan fingerprint density at radius 3 is 1.72 bits per heavy atom. The zero-order chi connectivity index (χ0) is 24.6. The summed E-state index contributed by atoms with van der Waals surface area (Å²) in [4.78, 5) is 29.0. The van der Waals surface area contributed by atoms with Crippen LogP contribution < -0.4 is 0 Å². The molecular weight excluding hydrogens is 456 g/mol. The van der Waals surface area contributed by atoms with Crippen molar-refractivity contribution < 1.29 is 32.6 Å². The molecular formula is C20H35N3O7P2. The van der Waals surface area contributed by atoms with Gasteiger partial charge in [-0.15, -0.1) is 0 Å². The quantitative estimate of drug-likeness (QED) is 0.0715. The first-order valence-electron chi connectivity index (χ1n) is 10.2. The number of azide groups is 1. The third kappa shape index (κ3) is 19.2. The zero-order valence-corrected chi connectivity index (χ0v) is 21.0. The Morgan fingerprint density at radius 2 is 1.28 bits per heavy atom. The molecule has 0 heterocycles. The van der Waals surface area contributed by atoms with Gasteiger partial charge in [-0.1, -0.05) is 51.7 Å². The van der Waals surface area contributed by atoms with Crippen molar-refractivity contribution in [1.29, 1.82) is 0 Å². The molecule has 0 rings (SSSR count). The topological polar surface area (TPSA) is 162 Å². The van der Waals surface area contributed by atoms with Gasteiger partial charge in [-0.2, -0.15) is 4.31 Å². The van der Waals surface area contributed by atoms with E-state index >= 15 is 0 Å². The first-order valence-corrected chi connectivity index (χ1v) is 13.2. The first-order chi connectivity index (χ1) is 14.8. The van der Waals surface area contributed by atoms with Gasteiger partial charge in [-0.05, 0) is 71.8 Å². The average Bonchev–Trinajstić information content (AvgIpc) is 2.64. The second-order valence-corrected chi connectivity index (χ2v) is 10.4. The lowest BCUT2D eigenvalue weighted by molar-refractivity contribution is 0.191. The molecule has 0 bridgehead atoms. The number of phosphoric ester groups is 1. The van der Waals surface area contributed by atoms with E-state index in [-0.39, 0.29) is 6.61 Å². The fourth-order valence-corrected chi connectivity index (χ4v) is 4.11. The molecule has 32 heavy (non-hydrogen) atoms. The predicted molar refractivity (Wildman–Crippen MR) is 126 cm³/mol. The van der Waals surface area contributed by atoms with Crippen molar-refractivity contribution in [3.05, 3.63) is 57.0 Å². The van der Waals surface area contributed by atoms with Gasteiger partial charge in [0.25, 0.3) is 0 Å². The van der Waals surface area contributed by atoms with Crippen LogP contribution >= 0.6 is 15.6 Å². The number of hydrogen-bond acceptors (Lipinski definition) is 5. The molecule has 182 valence electrons. The smallest absolute Gasteiger partial charge is 0.302 e. The predicted octanol–water partition coefficient (Wildman–Crippen LogP) is 6.65. The molecule has 0 aromatic heterocycles. The highest BCUT2D eigenvalue weighted by atomic mass is 31.3. The summed E-state index contributed by atoms with van der Waals surface area (Å²) in [5, 5.41) is 3.54. The molecule has 0 amide bonds. The maximum atomic E-state index is 11.3. The van der Waals surface area contributed by atoms with Crippen LogP contribution in [0.1, 0.15) is 66.2 Å². The summed E-state index contributed by atoms with van der Waals surface area (Å²) in [5.74, 6) is 0. The third-order valence-corrected chi connectivity index (χ3v) is 6.51. The van der Waals surface area contributed by atoms with Crippen molar-refractivity contribution in [3.8, 4) is 0 Å². The molecule has 0 saturated heterocycles. The van der Waals surface area contributed by atoms with Gasteiger partial charge in [-0.25, -0.2) is 9.13 Å². The second-order valence-electron chi connectivity index (χ2n) is 7.54. The summed E-state index contributed by atoms with van der Waals surface area (Å²) < 4.78 is 30.2. The van der Waals surface area contributed by atoms with Crippen molar-refractivity contribution in [2.45, 2.75) is 66.2 Å². The Labute approximate surface area is 190 Å². The molecule has 0 aromatic carbocycles. The van der Waals surface area contributed by atoms with Crippen LogP contribution in [-0.2, 0) is 18.0 Å². The maximum Gasteiger partial charge on any atom is 0.481 e. The Kier molecular flexibility index (Phi) is 15.4. The Bertz CT molecular complexity index is 853. The SMILES string of the molecule is C/C(=C\CC/C(C)=C/COP(=O)(O)OP(=O)(O)O)CC/C=C(\C)CC/C=C(\C)CN=[N+]=[N-]. The van der Waals surface area contributed by atoms with Gasteiger partial charge in [0.2, 0.25) is 0 Å². The van der Waals surface area contributed by atoms with Crippen LogP contribution in [0.4, 0.5) is 0 Å². The number of allylic oxidation sites excluding steroid dienone is 6. The standard InChI is InChI=1S/C20H35N3O7P2/c1-17(8-5-9-18(2)11-7-13-20(4)16-22-23-21)10-6-12-19(3)14-15-29-32(27,28)30-31(24,25)26/h9-10,13-14H,5-8,11-12,15-16H2,1-4H3,(H,27,28)(H2,24,25,26)/b17-10+,18-9+,19-14+,20-13+. The normalized spacial score (nSPS) is 16.0. The maximum absolute atomic E-state index is 11.3. The van der Waals surface area contributed by atoms with Gasteiger partial charge in [-0.3, -0.25) is 4.52 Å². The summed E-state index contributed by atoms with van der Waals surface area (Å²) >= 11 is 0. The van der Waals surface area contributed by atoms with Crippen LogP contribution in [0, 0.1) is 0 Å². The summed E-state index contributed by atoms with van der Waals surface area (Å²) in [7, 11) is -9.89. The van der Waals surface area contributed by atoms with Crippen molar-refractivity contribution in [1.82, 2.24) is 0 Å². The average molecular weight is 491 g/mol. The first kappa shape index (κ1) is 30.5. The fourth-order valence-electron chi connectivity index (χ4n) is 2.58. The van der Waals surface area contributed by atoms with Crippen molar-refractivity contribution >= 4 is 15.6 Å². The molecule has 0 aromatic rings. The van der Waals surface area contributed by atoms with Gasteiger partial charge in [0, 0.05) is 11.5 Å². The Balaban J connectivity index is 4.23. The van der Waals surface area contributed by atoms with Gasteiger partial charge < -0.3 is 14.7 Å². The number of rotatable bonds is 16. The molecule has 0 radical (unpaired) electrons. The highest BCUT2D eigenvalue weighted by Crippen LogP contribution is 2.57. The van der Waals surface area contributed by atoms with Crippen molar-refractivity contribution in [2.75, 3.05) is 13.2 Å². The molecule has 1 unspecified atom stereocenters. The largest absolute Gasteiger partial charge is 0.481 e. The van der Waals surface area contributed by atoms with E-state index in [9.17, 15) is 14.0 Å². The summed E-state index contributed by atoms with van der Waals surface area (Å²) in [5.41, 5.74) is 12.9. The zero-order valence-electron chi connectivity index (χ0n) is 19.2. The molecule has 3 N–H and O–H groups in total. The Morgan fingerprint density at radius 1 is 0.844 bits per heavy atom. The molecule has 1 atom stereocenters. The number of phosphoric acid groups is 2. The van der Waals surface area contributed by atoms with Gasteiger partial charge in [0.05, 0.1) is 6.61 Å². The van der Waals surface area contributed by atoms with E-state index in [0.29, 0.717) is 6.54 Å². The lowest BCUT2D eigenvalue weighted by Crippen LogP contribution is -1.94. The second kappa shape index (κ2) is 16.2. The lowest BCUT2D eigenvalue weighted by atomic mass is 10.0. The molecule has 0 aliphatic heterocycles. The molecule has 0 aliphatic rings. The summed E-state index contributed by atoms with van der Waals surface area (Å²) in [6.45, 7) is 8.12. The Hall–Kier alpha value is -1.47. The van der Waals surface area contributed by atoms with Gasteiger partial charge >= 0.3 is 15.6 Å². The van der Waals surface area contributed by atoms with E-state index in [1.807, 2.05) is 13.8 Å². The molecule has 0 saturated carbocycles. The van der Waals surface area contributed by atoms with E-state index in [4.69, 9.17) is 15.3 Å². The number of hydrogen-bond donors (Lipinski definition) is 3. The molecule has 0 spiro atoms. The minimum absolute atomic E-state index is 0.285. The van der Waals surface area contributed by atoms with Crippen LogP contribution in [0.25, 0.3) is 10.4 Å². The fraction of sp³-hybridized carbons (Fsp3) is 0.600. The summed E-state index contributed by atoms with van der Waals surface area (Å²) in [6.07, 6.45) is 13.4. The van der Waals surface area contributed by atoms with E-state index < -0.39 is 15.6 Å². The minimum atomic E-state index is -5.10. The monoisotopic (exact) mass is 491 g/mol. The van der Waals surface area contributed by atoms with Crippen molar-refractivity contribution in [3.63, 3.8) is 0 Å². The molecule has 0 fully saturated rings. The molecule has 0 aliphatic carbocycles. The van der Waals surface area contributed by atoms with Crippen molar-refractivity contribution in [2.24, 2.45) is 5.11 Å². The highest BCUT2D eigenvalue weighted by Gasteiger charge is 2.31. The van der Waals surface area contributed by atoms with Crippen LogP contribution in [0.2, 0.25) is 0 Å². The minimum Gasteiger partial charge on any atom is -0.302 e. The highest BCUT2D eigenvalue weighted by molar-refractivity contribution is 7.60. The summed E-state index contributed by atoms with van der Waals surface area (Å²) in [6, 6.07) is 0. The van der Waals surface area contributed by atoms with Gasteiger partial charge in [0.15, 0.2) is 0 Å². The van der Waals surface area contributed by atoms with E-state index in [0.717, 1.165) is 49.7 Å². The van der Waals surface area contributed by atoms with Crippen LogP contribution in [0.3, 0.4) is 0 Å².